The molecule has 0 fully saturated rings. The highest BCUT2D eigenvalue weighted by atomic mass is 35.5. The molecular formula is C9H8Cl2N4. The molecule has 0 bridgehead atoms. The molecule has 0 atom stereocenters. The molecule has 0 aliphatic heterocycles. The van der Waals surface area contributed by atoms with Crippen molar-refractivity contribution in [2.24, 2.45) is 7.05 Å². The van der Waals surface area contributed by atoms with Crippen LogP contribution < -0.4 is 5.73 Å². The summed E-state index contributed by atoms with van der Waals surface area (Å²) < 4.78 is 1.50. The van der Waals surface area contributed by atoms with E-state index in [1.54, 1.807) is 25.2 Å². The first-order chi connectivity index (χ1) is 7.08. The van der Waals surface area contributed by atoms with Crippen LogP contribution in [0.5, 0.6) is 0 Å². The van der Waals surface area contributed by atoms with Crippen LogP contribution in [0.25, 0.3) is 11.4 Å². The summed E-state index contributed by atoms with van der Waals surface area (Å²) >= 11 is 11.7. The van der Waals surface area contributed by atoms with E-state index < -0.39 is 0 Å². The molecule has 0 spiro atoms. The third kappa shape index (κ3) is 1.91. The fraction of sp³-hybridized carbons (Fsp3) is 0.111. The van der Waals surface area contributed by atoms with E-state index in [1.807, 2.05) is 0 Å². The van der Waals surface area contributed by atoms with Crippen molar-refractivity contribution in [3.05, 3.63) is 28.2 Å². The highest BCUT2D eigenvalue weighted by Gasteiger charge is 2.08. The molecule has 0 unspecified atom stereocenters. The number of aromatic nitrogens is 3. The molecule has 15 heavy (non-hydrogen) atoms. The molecule has 2 rings (SSSR count). The Morgan fingerprint density at radius 3 is 2.53 bits per heavy atom. The normalized spacial score (nSPS) is 10.6. The predicted octanol–water partition coefficient (Wildman–Crippen LogP) is 2.37. The fourth-order valence-corrected chi connectivity index (χ4v) is 1.45. The van der Waals surface area contributed by atoms with E-state index >= 15 is 0 Å². The molecule has 2 aromatic rings. The SMILES string of the molecule is Cn1nc(-c2ccc(Cl)c(Cl)c2)nc1N. The van der Waals surface area contributed by atoms with Gasteiger partial charge < -0.3 is 5.73 Å². The lowest BCUT2D eigenvalue weighted by Gasteiger charge is -1.97. The maximum atomic E-state index is 5.88. The van der Waals surface area contributed by atoms with Crippen molar-refractivity contribution in [1.29, 1.82) is 0 Å². The van der Waals surface area contributed by atoms with Gasteiger partial charge in [0, 0.05) is 12.6 Å². The average Bonchev–Trinajstić information content (AvgIpc) is 2.52. The summed E-state index contributed by atoms with van der Waals surface area (Å²) in [5, 5.41) is 5.11. The Balaban J connectivity index is 2.49. The minimum atomic E-state index is 0.357. The number of nitrogens with zero attached hydrogens (tertiary/aromatic N) is 3. The summed E-state index contributed by atoms with van der Waals surface area (Å²) in [6.07, 6.45) is 0. The van der Waals surface area contributed by atoms with Gasteiger partial charge in [0.15, 0.2) is 5.82 Å². The first-order valence-corrected chi connectivity index (χ1v) is 4.95. The Hall–Kier alpha value is -1.26. The minimum Gasteiger partial charge on any atom is -0.368 e. The van der Waals surface area contributed by atoms with Crippen LogP contribution in [0.2, 0.25) is 10.0 Å². The van der Waals surface area contributed by atoms with Crippen LogP contribution >= 0.6 is 23.2 Å². The number of aryl methyl sites for hydroxylation is 1. The minimum absolute atomic E-state index is 0.357. The van der Waals surface area contributed by atoms with Gasteiger partial charge in [0.2, 0.25) is 5.95 Å². The molecule has 0 amide bonds. The van der Waals surface area contributed by atoms with Crippen LogP contribution in [0.1, 0.15) is 0 Å². The highest BCUT2D eigenvalue weighted by molar-refractivity contribution is 6.42. The van der Waals surface area contributed by atoms with Gasteiger partial charge in [-0.15, -0.1) is 5.10 Å². The van der Waals surface area contributed by atoms with Crippen molar-refractivity contribution < 1.29 is 0 Å². The molecule has 0 aliphatic rings. The lowest BCUT2D eigenvalue weighted by atomic mass is 10.2. The van der Waals surface area contributed by atoms with Gasteiger partial charge >= 0.3 is 0 Å². The Morgan fingerprint density at radius 1 is 1.27 bits per heavy atom. The molecule has 6 heteroatoms. The van der Waals surface area contributed by atoms with E-state index in [1.165, 1.54) is 4.68 Å². The van der Waals surface area contributed by atoms with Crippen molar-refractivity contribution in [2.45, 2.75) is 0 Å². The van der Waals surface area contributed by atoms with Gasteiger partial charge in [-0.1, -0.05) is 23.2 Å². The molecule has 78 valence electrons. The van der Waals surface area contributed by atoms with Crippen LogP contribution in [-0.4, -0.2) is 14.8 Å². The number of nitrogen functional groups attached to an aromatic ring is 1. The first-order valence-electron chi connectivity index (χ1n) is 4.20. The second-order valence-corrected chi connectivity index (χ2v) is 3.86. The second-order valence-electron chi connectivity index (χ2n) is 3.05. The van der Waals surface area contributed by atoms with E-state index in [4.69, 9.17) is 28.9 Å². The summed E-state index contributed by atoms with van der Waals surface area (Å²) in [5.74, 6) is 0.893. The summed E-state index contributed by atoms with van der Waals surface area (Å²) in [5.41, 5.74) is 6.36. The number of hydrogen-bond donors (Lipinski definition) is 1. The topological polar surface area (TPSA) is 56.7 Å². The molecule has 0 saturated carbocycles. The number of anilines is 1. The summed E-state index contributed by atoms with van der Waals surface area (Å²) in [6.45, 7) is 0. The van der Waals surface area contributed by atoms with Crippen molar-refractivity contribution in [1.82, 2.24) is 14.8 Å². The summed E-state index contributed by atoms with van der Waals surface area (Å²) in [6, 6.07) is 5.20. The van der Waals surface area contributed by atoms with Gasteiger partial charge in [-0.05, 0) is 18.2 Å². The molecule has 1 heterocycles. The Morgan fingerprint density at radius 2 is 2.00 bits per heavy atom. The smallest absolute Gasteiger partial charge is 0.218 e. The quantitative estimate of drug-likeness (QED) is 0.836. The van der Waals surface area contributed by atoms with Crippen LogP contribution in [-0.2, 0) is 7.05 Å². The van der Waals surface area contributed by atoms with Gasteiger partial charge in [-0.2, -0.15) is 4.98 Å². The van der Waals surface area contributed by atoms with Gasteiger partial charge in [-0.25, -0.2) is 4.68 Å². The summed E-state index contributed by atoms with van der Waals surface area (Å²) in [7, 11) is 1.73. The number of rotatable bonds is 1. The number of halogens is 2. The van der Waals surface area contributed by atoms with E-state index in [9.17, 15) is 0 Å². The summed E-state index contributed by atoms with van der Waals surface area (Å²) in [4.78, 5) is 4.08. The van der Waals surface area contributed by atoms with E-state index in [-0.39, 0.29) is 0 Å². The molecule has 0 radical (unpaired) electrons. The second kappa shape index (κ2) is 3.72. The molecule has 2 N–H and O–H groups in total. The largest absolute Gasteiger partial charge is 0.368 e. The van der Waals surface area contributed by atoms with Crippen LogP contribution in [0.15, 0.2) is 18.2 Å². The lowest BCUT2D eigenvalue weighted by Crippen LogP contribution is -1.97. The fourth-order valence-electron chi connectivity index (χ4n) is 1.15. The maximum absolute atomic E-state index is 5.88. The zero-order chi connectivity index (χ0) is 11.0. The predicted molar refractivity (Wildman–Crippen MR) is 60.9 cm³/mol. The van der Waals surface area contributed by atoms with Crippen molar-refractivity contribution in [3.8, 4) is 11.4 Å². The zero-order valence-corrected chi connectivity index (χ0v) is 9.42. The van der Waals surface area contributed by atoms with Crippen LogP contribution in [0.3, 0.4) is 0 Å². The van der Waals surface area contributed by atoms with Crippen molar-refractivity contribution >= 4 is 29.2 Å². The van der Waals surface area contributed by atoms with Gasteiger partial charge in [-0.3, -0.25) is 0 Å². The lowest BCUT2D eigenvalue weighted by molar-refractivity contribution is 0.781. The average molecular weight is 243 g/mol. The monoisotopic (exact) mass is 242 g/mol. The zero-order valence-electron chi connectivity index (χ0n) is 7.91. The van der Waals surface area contributed by atoms with Gasteiger partial charge in [0.1, 0.15) is 0 Å². The van der Waals surface area contributed by atoms with Crippen LogP contribution in [0, 0.1) is 0 Å². The van der Waals surface area contributed by atoms with Crippen molar-refractivity contribution in [2.75, 3.05) is 5.73 Å². The molecular weight excluding hydrogens is 235 g/mol. The van der Waals surface area contributed by atoms with E-state index in [0.717, 1.165) is 5.56 Å². The number of benzene rings is 1. The Labute approximate surface area is 96.6 Å². The van der Waals surface area contributed by atoms with Crippen molar-refractivity contribution in [3.63, 3.8) is 0 Å². The molecule has 4 nitrogen and oxygen atoms in total. The maximum Gasteiger partial charge on any atom is 0.218 e. The Kier molecular flexibility index (Phi) is 2.54. The number of nitrogens with two attached hydrogens (primary N) is 1. The number of hydrogen-bond acceptors (Lipinski definition) is 3. The molecule has 0 aliphatic carbocycles. The third-order valence-electron chi connectivity index (χ3n) is 1.97. The highest BCUT2D eigenvalue weighted by Crippen LogP contribution is 2.27. The van der Waals surface area contributed by atoms with Crippen LogP contribution in [0.4, 0.5) is 5.95 Å². The van der Waals surface area contributed by atoms with Gasteiger partial charge in [0.05, 0.1) is 10.0 Å². The van der Waals surface area contributed by atoms with E-state index in [0.29, 0.717) is 21.8 Å². The van der Waals surface area contributed by atoms with Gasteiger partial charge in [0.25, 0.3) is 0 Å². The first kappa shape index (κ1) is 10.3. The standard InChI is InChI=1S/C9H8Cl2N4/c1-15-9(12)13-8(14-15)5-2-3-6(10)7(11)4-5/h2-4H,1H3,(H2,12,13,14). The molecule has 1 aromatic heterocycles. The van der Waals surface area contributed by atoms with E-state index in [2.05, 4.69) is 10.1 Å². The molecule has 0 saturated heterocycles. The Bertz CT molecular complexity index is 487. The third-order valence-corrected chi connectivity index (χ3v) is 2.71. The molecule has 1 aromatic carbocycles.